The van der Waals surface area contributed by atoms with Crippen LogP contribution in [0.3, 0.4) is 0 Å². The van der Waals surface area contributed by atoms with Gasteiger partial charge in [0.2, 0.25) is 5.91 Å². The number of aliphatic hydroxyl groups is 2. The van der Waals surface area contributed by atoms with Crippen molar-refractivity contribution in [3.05, 3.63) is 47.5 Å². The van der Waals surface area contributed by atoms with Crippen molar-refractivity contribution in [2.45, 2.75) is 71.4 Å². The van der Waals surface area contributed by atoms with Crippen LogP contribution in [0.15, 0.2) is 36.4 Å². The standard InChI is InChI=1S/C34H47N3O7/c1-18-26-14-23(34(26,3)4)15-27(18)35-32(40)30-29(19(2)39)28(17-38)44-37(30)16-20-9-8-10-25(31(20)43-7)21-11-22(33(41)42)13-24(12-21)36(5)6/h8-13,18-19,23,26-30,38-39H,14-17H2,1-7H3,(H,35,40)(H,41,42)/t18-,19-,23+,26-,27-,28-,29+,30-/m0/s1. The molecule has 0 radical (unpaired) electrons. The lowest BCUT2D eigenvalue weighted by Crippen LogP contribution is -2.62. The third-order valence-corrected chi connectivity index (χ3v) is 10.7. The van der Waals surface area contributed by atoms with Gasteiger partial charge in [0, 0.05) is 42.9 Å². The van der Waals surface area contributed by atoms with Crippen molar-refractivity contribution >= 4 is 17.6 Å². The average molecular weight is 610 g/mol. The fourth-order valence-corrected chi connectivity index (χ4v) is 7.98. The van der Waals surface area contributed by atoms with Crippen molar-refractivity contribution in [1.82, 2.24) is 10.4 Å². The van der Waals surface area contributed by atoms with Gasteiger partial charge in [0.15, 0.2) is 0 Å². The van der Waals surface area contributed by atoms with Crippen molar-refractivity contribution in [2.75, 3.05) is 32.7 Å². The van der Waals surface area contributed by atoms with E-state index in [4.69, 9.17) is 9.57 Å². The second-order valence-corrected chi connectivity index (χ2v) is 13.7. The molecule has 1 saturated heterocycles. The summed E-state index contributed by atoms with van der Waals surface area (Å²) in [5, 5.41) is 35.6. The van der Waals surface area contributed by atoms with Gasteiger partial charge in [-0.2, -0.15) is 5.06 Å². The molecule has 0 spiro atoms. The summed E-state index contributed by atoms with van der Waals surface area (Å²) < 4.78 is 5.89. The molecule has 3 aliphatic carbocycles. The first kappa shape index (κ1) is 32.2. The monoisotopic (exact) mass is 609 g/mol. The summed E-state index contributed by atoms with van der Waals surface area (Å²) in [4.78, 5) is 34.0. The van der Waals surface area contributed by atoms with Crippen LogP contribution in [-0.2, 0) is 16.2 Å². The van der Waals surface area contributed by atoms with Gasteiger partial charge in [-0.1, -0.05) is 39.0 Å². The van der Waals surface area contributed by atoms with E-state index in [1.807, 2.05) is 43.3 Å². The number of hydrogen-bond donors (Lipinski definition) is 4. The number of para-hydroxylation sites is 1. The minimum absolute atomic E-state index is 0.0363. The van der Waals surface area contributed by atoms with Gasteiger partial charge >= 0.3 is 5.97 Å². The third kappa shape index (κ3) is 5.69. The minimum atomic E-state index is -1.03. The van der Waals surface area contributed by atoms with Gasteiger partial charge in [0.1, 0.15) is 17.9 Å². The van der Waals surface area contributed by atoms with Crippen LogP contribution in [0.5, 0.6) is 5.75 Å². The van der Waals surface area contributed by atoms with Crippen LogP contribution in [0.25, 0.3) is 11.1 Å². The molecule has 4 N–H and O–H groups in total. The van der Waals surface area contributed by atoms with Crippen molar-refractivity contribution in [3.8, 4) is 16.9 Å². The SMILES string of the molecule is COc1c(CN2O[C@@H](CO)[C@@H]([C@H](C)O)[C@H]2C(=O)N[C@H]2C[C@H]3C[C@@H]([C@@H]2C)C3(C)C)cccc1-c1cc(C(=O)O)cc(N(C)C)c1. The molecule has 2 bridgehead atoms. The highest BCUT2D eigenvalue weighted by Crippen LogP contribution is 2.61. The smallest absolute Gasteiger partial charge is 0.335 e. The van der Waals surface area contributed by atoms with Gasteiger partial charge in [-0.25, -0.2) is 4.79 Å². The molecular weight excluding hydrogens is 562 g/mol. The van der Waals surface area contributed by atoms with Gasteiger partial charge in [-0.05, 0) is 66.7 Å². The van der Waals surface area contributed by atoms with Gasteiger partial charge in [0.25, 0.3) is 0 Å². The topological polar surface area (TPSA) is 132 Å². The second kappa shape index (κ2) is 12.3. The highest BCUT2D eigenvalue weighted by molar-refractivity contribution is 5.92. The van der Waals surface area contributed by atoms with Crippen LogP contribution >= 0.6 is 0 Å². The lowest BCUT2D eigenvalue weighted by atomic mass is 9.45. The predicted octanol–water partition coefficient (Wildman–Crippen LogP) is 3.79. The number of hydroxylamine groups is 2. The molecule has 6 rings (SSSR count). The number of fused-ring (bicyclic) bond motifs is 2. The fourth-order valence-electron chi connectivity index (χ4n) is 7.98. The number of anilines is 1. The van der Waals surface area contributed by atoms with E-state index in [9.17, 15) is 24.9 Å². The van der Waals surface area contributed by atoms with Crippen LogP contribution in [-0.4, -0.2) is 84.4 Å². The summed E-state index contributed by atoms with van der Waals surface area (Å²) >= 11 is 0. The van der Waals surface area contributed by atoms with Crippen molar-refractivity contribution in [3.63, 3.8) is 0 Å². The van der Waals surface area contributed by atoms with E-state index in [-0.39, 0.29) is 36.1 Å². The van der Waals surface area contributed by atoms with Gasteiger partial charge in [-0.15, -0.1) is 0 Å². The van der Waals surface area contributed by atoms with Crippen molar-refractivity contribution < 1.29 is 34.5 Å². The Bertz CT molecular complexity index is 1390. The number of aliphatic hydroxyl groups excluding tert-OH is 2. The predicted molar refractivity (Wildman–Crippen MR) is 167 cm³/mol. The van der Waals surface area contributed by atoms with E-state index >= 15 is 0 Å². The quantitative estimate of drug-likeness (QED) is 0.318. The number of amides is 1. The summed E-state index contributed by atoms with van der Waals surface area (Å²) in [6, 6.07) is 9.92. The minimum Gasteiger partial charge on any atom is -0.496 e. The van der Waals surface area contributed by atoms with Gasteiger partial charge in [-0.3, -0.25) is 9.63 Å². The Morgan fingerprint density at radius 3 is 2.50 bits per heavy atom. The van der Waals surface area contributed by atoms with E-state index in [2.05, 4.69) is 26.1 Å². The largest absolute Gasteiger partial charge is 0.496 e. The lowest BCUT2D eigenvalue weighted by molar-refractivity contribution is -0.183. The maximum absolute atomic E-state index is 14.0. The Morgan fingerprint density at radius 1 is 1.20 bits per heavy atom. The number of carbonyl (C=O) groups excluding carboxylic acids is 1. The Morgan fingerprint density at radius 2 is 1.93 bits per heavy atom. The molecule has 3 saturated carbocycles. The third-order valence-electron chi connectivity index (χ3n) is 10.7. The molecule has 1 aliphatic heterocycles. The molecule has 8 atom stereocenters. The van der Waals surface area contributed by atoms with Crippen molar-refractivity contribution in [2.24, 2.45) is 29.1 Å². The molecule has 1 amide bonds. The molecule has 0 aromatic heterocycles. The summed E-state index contributed by atoms with van der Waals surface area (Å²) in [5.41, 5.74) is 3.25. The summed E-state index contributed by atoms with van der Waals surface area (Å²) in [6.07, 6.45) is 0.461. The van der Waals surface area contributed by atoms with Crippen LogP contribution in [0.4, 0.5) is 5.69 Å². The van der Waals surface area contributed by atoms with Crippen LogP contribution in [0, 0.1) is 29.1 Å². The number of ether oxygens (including phenoxy) is 1. The molecular formula is C34H47N3O7. The van der Waals surface area contributed by atoms with E-state index in [0.717, 1.165) is 12.1 Å². The summed E-state index contributed by atoms with van der Waals surface area (Å²) in [5.74, 6) is 0.0844. The molecule has 4 aliphatic rings. The van der Waals surface area contributed by atoms with Gasteiger partial charge in [0.05, 0.1) is 31.9 Å². The number of nitrogens with one attached hydrogen (secondary N) is 1. The molecule has 0 unspecified atom stereocenters. The first-order valence-electron chi connectivity index (χ1n) is 15.5. The number of carboxylic acid groups (broad SMARTS) is 1. The van der Waals surface area contributed by atoms with Crippen LogP contribution in [0.2, 0.25) is 0 Å². The highest BCUT2D eigenvalue weighted by atomic mass is 16.7. The summed E-state index contributed by atoms with van der Waals surface area (Å²) in [6.45, 7) is 8.29. The van der Waals surface area contributed by atoms with E-state index in [0.29, 0.717) is 40.2 Å². The molecule has 1 heterocycles. The number of methoxy groups -OCH3 is 1. The Balaban J connectivity index is 1.46. The Kier molecular flexibility index (Phi) is 9.01. The summed E-state index contributed by atoms with van der Waals surface area (Å²) in [7, 11) is 5.25. The number of carbonyl (C=O) groups is 2. The Hall–Kier alpha value is -3.18. The zero-order valence-electron chi connectivity index (χ0n) is 26.8. The molecule has 240 valence electrons. The maximum atomic E-state index is 14.0. The number of aromatic carboxylic acids is 1. The average Bonchev–Trinajstić information content (AvgIpc) is 3.36. The molecule has 10 nitrogen and oxygen atoms in total. The fraction of sp³-hybridized carbons (Fsp3) is 0.588. The lowest BCUT2D eigenvalue weighted by Gasteiger charge is -2.62. The molecule has 2 aromatic rings. The van der Waals surface area contributed by atoms with E-state index in [1.165, 1.54) is 6.42 Å². The van der Waals surface area contributed by atoms with Crippen LogP contribution in [0.1, 0.15) is 56.5 Å². The maximum Gasteiger partial charge on any atom is 0.335 e. The number of carboxylic acids is 1. The molecule has 10 heteroatoms. The first-order valence-corrected chi connectivity index (χ1v) is 15.5. The number of nitrogens with zero attached hydrogens (tertiary/aromatic N) is 2. The second-order valence-electron chi connectivity index (χ2n) is 13.7. The molecule has 44 heavy (non-hydrogen) atoms. The highest BCUT2D eigenvalue weighted by Gasteiger charge is 2.57. The van der Waals surface area contributed by atoms with E-state index < -0.39 is 30.1 Å². The molecule has 4 fully saturated rings. The van der Waals surface area contributed by atoms with E-state index in [1.54, 1.807) is 31.2 Å². The number of rotatable bonds is 10. The van der Waals surface area contributed by atoms with Gasteiger partial charge < -0.3 is 30.3 Å². The zero-order chi connectivity index (χ0) is 32.1. The Labute approximate surface area is 259 Å². The van der Waals surface area contributed by atoms with Crippen molar-refractivity contribution in [1.29, 1.82) is 0 Å². The van der Waals surface area contributed by atoms with Crippen LogP contribution < -0.4 is 15.0 Å². The zero-order valence-corrected chi connectivity index (χ0v) is 26.8. The normalized spacial score (nSPS) is 29.9. The number of benzene rings is 2. The number of hydrogen-bond acceptors (Lipinski definition) is 8. The molecule has 2 aromatic carbocycles. The first-order chi connectivity index (χ1) is 20.8.